The Labute approximate surface area is 87.1 Å². The molecule has 1 aromatic rings. The Balaban J connectivity index is 0.00000121. The monoisotopic (exact) mass is 253 g/mol. The molecule has 0 spiro atoms. The van der Waals surface area contributed by atoms with Gasteiger partial charge in [-0.15, -0.1) is 12.4 Å². The Hall–Kier alpha value is -0.0600. The summed E-state index contributed by atoms with van der Waals surface area (Å²) in [5, 5.41) is 7.47. The summed E-state index contributed by atoms with van der Waals surface area (Å²) in [5.41, 5.74) is 1.06. The van der Waals surface area contributed by atoms with Gasteiger partial charge in [-0.3, -0.25) is 4.68 Å². The molecular weight excluding hydrogens is 241 g/mol. The third kappa shape index (κ3) is 3.13. The van der Waals surface area contributed by atoms with Gasteiger partial charge < -0.3 is 5.32 Å². The van der Waals surface area contributed by atoms with E-state index in [0.29, 0.717) is 0 Å². The number of hydrogen-bond acceptors (Lipinski definition) is 2. The molecule has 0 fully saturated rings. The molecule has 0 atom stereocenters. The van der Waals surface area contributed by atoms with Gasteiger partial charge in [0.1, 0.15) is 0 Å². The van der Waals surface area contributed by atoms with Crippen molar-refractivity contribution in [2.45, 2.75) is 13.5 Å². The van der Waals surface area contributed by atoms with Crippen molar-refractivity contribution in [1.82, 2.24) is 15.1 Å². The van der Waals surface area contributed by atoms with Crippen LogP contribution in [-0.4, -0.2) is 16.3 Å². The van der Waals surface area contributed by atoms with Crippen molar-refractivity contribution in [3.63, 3.8) is 0 Å². The summed E-state index contributed by atoms with van der Waals surface area (Å²) in [6, 6.07) is 0. The average molecular weight is 255 g/mol. The number of aromatic nitrogens is 2. The molecule has 1 aromatic heterocycles. The minimum Gasteiger partial charge on any atom is -0.311 e. The van der Waals surface area contributed by atoms with Crippen LogP contribution in [0.2, 0.25) is 0 Å². The van der Waals surface area contributed by atoms with Crippen LogP contribution in [0.15, 0.2) is 10.7 Å². The molecule has 0 aliphatic rings. The van der Waals surface area contributed by atoms with E-state index in [4.69, 9.17) is 0 Å². The molecule has 0 radical (unpaired) electrons. The predicted molar refractivity (Wildman–Crippen MR) is 55.5 cm³/mol. The normalized spacial score (nSPS) is 9.58. The average Bonchev–Trinajstić information content (AvgIpc) is 2.26. The number of hydrogen-bond donors (Lipinski definition) is 1. The topological polar surface area (TPSA) is 29.9 Å². The molecule has 1 rings (SSSR count). The first-order valence-electron chi connectivity index (χ1n) is 3.62. The molecule has 1 N–H and O–H groups in total. The summed E-state index contributed by atoms with van der Waals surface area (Å²) in [4.78, 5) is 0. The van der Waals surface area contributed by atoms with E-state index in [-0.39, 0.29) is 12.4 Å². The third-order valence-electron chi connectivity index (χ3n) is 1.40. The Morgan fingerprint density at radius 3 is 2.75 bits per heavy atom. The molecular formula is C7H13BrClN3. The van der Waals surface area contributed by atoms with Crippen LogP contribution in [0.4, 0.5) is 0 Å². The van der Waals surface area contributed by atoms with Crippen LogP contribution in [0.3, 0.4) is 0 Å². The molecule has 3 nitrogen and oxygen atoms in total. The van der Waals surface area contributed by atoms with Crippen LogP contribution in [0, 0.1) is 0 Å². The highest BCUT2D eigenvalue weighted by Gasteiger charge is 2.02. The first-order chi connectivity index (χ1) is 5.24. The van der Waals surface area contributed by atoms with E-state index in [1.54, 1.807) is 4.68 Å². The molecule has 70 valence electrons. The van der Waals surface area contributed by atoms with Gasteiger partial charge in [0, 0.05) is 19.8 Å². The molecule has 0 amide bonds. The molecule has 0 saturated heterocycles. The smallest absolute Gasteiger partial charge is 0.0904 e. The number of nitrogens with zero attached hydrogens (tertiary/aromatic N) is 2. The van der Waals surface area contributed by atoms with Crippen molar-refractivity contribution in [3.05, 3.63) is 16.4 Å². The fourth-order valence-corrected chi connectivity index (χ4v) is 1.38. The first kappa shape index (κ1) is 11.9. The highest BCUT2D eigenvalue weighted by molar-refractivity contribution is 9.10. The third-order valence-corrected chi connectivity index (χ3v) is 2.06. The summed E-state index contributed by atoms with van der Waals surface area (Å²) < 4.78 is 2.87. The zero-order chi connectivity index (χ0) is 8.27. The lowest BCUT2D eigenvalue weighted by Crippen LogP contribution is -2.12. The molecule has 5 heteroatoms. The van der Waals surface area contributed by atoms with Gasteiger partial charge in [-0.25, -0.2) is 0 Å². The lowest BCUT2D eigenvalue weighted by atomic mass is 10.4. The van der Waals surface area contributed by atoms with Crippen molar-refractivity contribution in [2.24, 2.45) is 7.05 Å². The van der Waals surface area contributed by atoms with Gasteiger partial charge in [-0.05, 0) is 22.5 Å². The molecule has 0 aromatic carbocycles. The SMILES string of the molecule is CCNCc1nn(C)cc1Br.Cl. The zero-order valence-corrected chi connectivity index (χ0v) is 9.57. The summed E-state index contributed by atoms with van der Waals surface area (Å²) >= 11 is 3.42. The lowest BCUT2D eigenvalue weighted by Gasteiger charge is -1.96. The quantitative estimate of drug-likeness (QED) is 0.890. The maximum atomic E-state index is 4.26. The van der Waals surface area contributed by atoms with E-state index >= 15 is 0 Å². The zero-order valence-electron chi connectivity index (χ0n) is 7.17. The molecule has 0 bridgehead atoms. The van der Waals surface area contributed by atoms with E-state index in [1.807, 2.05) is 13.2 Å². The second kappa shape index (κ2) is 5.56. The maximum Gasteiger partial charge on any atom is 0.0904 e. The van der Waals surface area contributed by atoms with E-state index in [9.17, 15) is 0 Å². The molecule has 0 aliphatic carbocycles. The number of rotatable bonds is 3. The number of halogens is 2. The molecule has 0 aliphatic heterocycles. The predicted octanol–water partition coefficient (Wildman–Crippen LogP) is 1.71. The minimum atomic E-state index is 0. The van der Waals surface area contributed by atoms with Gasteiger partial charge in [0.05, 0.1) is 10.2 Å². The van der Waals surface area contributed by atoms with E-state index < -0.39 is 0 Å². The van der Waals surface area contributed by atoms with Gasteiger partial charge in [-0.1, -0.05) is 6.92 Å². The lowest BCUT2D eigenvalue weighted by molar-refractivity contribution is 0.676. The van der Waals surface area contributed by atoms with Gasteiger partial charge in [0.2, 0.25) is 0 Å². The minimum absolute atomic E-state index is 0. The maximum absolute atomic E-state index is 4.26. The highest BCUT2D eigenvalue weighted by Crippen LogP contribution is 2.13. The Morgan fingerprint density at radius 1 is 1.67 bits per heavy atom. The van der Waals surface area contributed by atoms with Crippen LogP contribution < -0.4 is 5.32 Å². The number of aryl methyl sites for hydroxylation is 1. The van der Waals surface area contributed by atoms with Crippen LogP contribution in [0.25, 0.3) is 0 Å². The van der Waals surface area contributed by atoms with Crippen LogP contribution in [0.1, 0.15) is 12.6 Å². The second-order valence-electron chi connectivity index (χ2n) is 2.38. The van der Waals surface area contributed by atoms with Gasteiger partial charge in [0.25, 0.3) is 0 Å². The van der Waals surface area contributed by atoms with Crippen LogP contribution >= 0.6 is 28.3 Å². The molecule has 12 heavy (non-hydrogen) atoms. The van der Waals surface area contributed by atoms with Gasteiger partial charge >= 0.3 is 0 Å². The summed E-state index contributed by atoms with van der Waals surface area (Å²) in [7, 11) is 1.92. The fourth-order valence-electron chi connectivity index (χ4n) is 0.869. The Bertz CT molecular complexity index is 237. The van der Waals surface area contributed by atoms with E-state index in [0.717, 1.165) is 23.3 Å². The van der Waals surface area contributed by atoms with E-state index in [2.05, 4.69) is 33.3 Å². The number of nitrogens with one attached hydrogen (secondary N) is 1. The summed E-state index contributed by atoms with van der Waals surface area (Å²) in [6.07, 6.45) is 1.95. The summed E-state index contributed by atoms with van der Waals surface area (Å²) in [5.74, 6) is 0. The Kier molecular flexibility index (Phi) is 5.53. The Morgan fingerprint density at radius 2 is 2.33 bits per heavy atom. The molecule has 0 unspecified atom stereocenters. The highest BCUT2D eigenvalue weighted by atomic mass is 79.9. The van der Waals surface area contributed by atoms with Crippen molar-refractivity contribution >= 4 is 28.3 Å². The van der Waals surface area contributed by atoms with Crippen molar-refractivity contribution in [2.75, 3.05) is 6.54 Å². The fraction of sp³-hybridized carbons (Fsp3) is 0.571. The second-order valence-corrected chi connectivity index (χ2v) is 3.23. The van der Waals surface area contributed by atoms with Gasteiger partial charge in [0.15, 0.2) is 0 Å². The van der Waals surface area contributed by atoms with Crippen LogP contribution in [-0.2, 0) is 13.6 Å². The van der Waals surface area contributed by atoms with Gasteiger partial charge in [-0.2, -0.15) is 5.10 Å². The van der Waals surface area contributed by atoms with Crippen LogP contribution in [0.5, 0.6) is 0 Å². The van der Waals surface area contributed by atoms with Crippen molar-refractivity contribution in [3.8, 4) is 0 Å². The van der Waals surface area contributed by atoms with Crippen molar-refractivity contribution in [1.29, 1.82) is 0 Å². The first-order valence-corrected chi connectivity index (χ1v) is 4.42. The van der Waals surface area contributed by atoms with Crippen molar-refractivity contribution < 1.29 is 0 Å². The molecule has 0 saturated carbocycles. The molecule has 1 heterocycles. The standard InChI is InChI=1S/C7H12BrN3.ClH/c1-3-9-4-7-6(8)5-11(2)10-7;/h5,9H,3-4H2,1-2H3;1H. The van der Waals surface area contributed by atoms with E-state index in [1.165, 1.54) is 0 Å². The summed E-state index contributed by atoms with van der Waals surface area (Å²) in [6.45, 7) is 3.89. The largest absolute Gasteiger partial charge is 0.311 e.